The van der Waals surface area contributed by atoms with E-state index in [2.05, 4.69) is 23.7 Å². The molecule has 0 fully saturated rings. The van der Waals surface area contributed by atoms with Gasteiger partial charge in [-0.3, -0.25) is 4.79 Å². The van der Waals surface area contributed by atoms with Gasteiger partial charge < -0.3 is 4.57 Å². The second-order valence-electron chi connectivity index (χ2n) is 6.35. The van der Waals surface area contributed by atoms with Crippen LogP contribution in [0, 0.1) is 0 Å². The molecule has 0 bridgehead atoms. The molecule has 3 rings (SSSR count). The summed E-state index contributed by atoms with van der Waals surface area (Å²) in [6.45, 7) is 5.98. The van der Waals surface area contributed by atoms with Gasteiger partial charge in [0, 0.05) is 11.4 Å². The van der Waals surface area contributed by atoms with Crippen molar-refractivity contribution in [2.24, 2.45) is 4.99 Å². The van der Waals surface area contributed by atoms with E-state index in [9.17, 15) is 13.2 Å². The molecule has 0 aliphatic rings. The van der Waals surface area contributed by atoms with E-state index in [4.69, 9.17) is 0 Å². The molecule has 5 nitrogen and oxygen atoms in total. The summed E-state index contributed by atoms with van der Waals surface area (Å²) in [5.41, 5.74) is 1.75. The summed E-state index contributed by atoms with van der Waals surface area (Å²) in [6, 6.07) is 12.6. The number of rotatable bonds is 7. The molecule has 0 aliphatic carbocycles. The number of benzene rings is 2. The van der Waals surface area contributed by atoms with Gasteiger partial charge in [-0.25, -0.2) is 8.42 Å². The molecule has 0 unspecified atom stereocenters. The molecule has 0 saturated carbocycles. The fraction of sp³-hybridized carbons (Fsp3) is 0.238. The van der Waals surface area contributed by atoms with Gasteiger partial charge in [0.1, 0.15) is 0 Å². The Balaban J connectivity index is 1.91. The summed E-state index contributed by atoms with van der Waals surface area (Å²) in [7, 11) is -3.25. The maximum absolute atomic E-state index is 12.6. The maximum Gasteiger partial charge on any atom is 0.252 e. The molecular formula is C21H22N2O3S3. The first kappa shape index (κ1) is 21.5. The normalized spacial score (nSPS) is 12.4. The average Bonchev–Trinajstić information content (AvgIpc) is 3.04. The standard InChI is InChI=1S/C21H22N2O3S3/c1-4-12-23-18-11-8-16(27-3)14-19(18)28-21(23)22-20(24)13-15-6-9-17(10-7-15)29(25,26)5-2/h4,6-11,14H,1,5,12-13H2,2-3H3. The van der Waals surface area contributed by atoms with E-state index in [-0.39, 0.29) is 23.0 Å². The Morgan fingerprint density at radius 3 is 2.59 bits per heavy atom. The van der Waals surface area contributed by atoms with Crippen LogP contribution in [0.3, 0.4) is 0 Å². The Labute approximate surface area is 178 Å². The third kappa shape index (κ3) is 4.88. The van der Waals surface area contributed by atoms with Crippen molar-refractivity contribution in [3.05, 3.63) is 65.5 Å². The lowest BCUT2D eigenvalue weighted by atomic mass is 10.1. The first-order valence-corrected chi connectivity index (χ1v) is 12.7. The molecule has 3 aromatic rings. The highest BCUT2D eigenvalue weighted by molar-refractivity contribution is 7.98. The van der Waals surface area contributed by atoms with Gasteiger partial charge in [0.2, 0.25) is 0 Å². The smallest absolute Gasteiger partial charge is 0.252 e. The van der Waals surface area contributed by atoms with Gasteiger partial charge in [-0.1, -0.05) is 36.5 Å². The molecule has 1 amide bonds. The minimum atomic E-state index is -3.25. The number of allylic oxidation sites excluding steroid dienone is 1. The Morgan fingerprint density at radius 1 is 1.24 bits per heavy atom. The molecule has 0 aliphatic heterocycles. The van der Waals surface area contributed by atoms with E-state index >= 15 is 0 Å². The van der Waals surface area contributed by atoms with E-state index in [1.54, 1.807) is 49.0 Å². The van der Waals surface area contributed by atoms with Crippen molar-refractivity contribution < 1.29 is 13.2 Å². The Kier molecular flexibility index (Phi) is 6.77. The van der Waals surface area contributed by atoms with E-state index in [0.717, 1.165) is 20.7 Å². The number of aromatic nitrogens is 1. The highest BCUT2D eigenvalue weighted by Crippen LogP contribution is 2.24. The third-order valence-electron chi connectivity index (χ3n) is 4.44. The van der Waals surface area contributed by atoms with Crippen molar-refractivity contribution >= 4 is 49.1 Å². The second-order valence-corrected chi connectivity index (χ2v) is 10.5. The van der Waals surface area contributed by atoms with Crippen molar-refractivity contribution in [2.75, 3.05) is 12.0 Å². The summed E-state index contributed by atoms with van der Waals surface area (Å²) >= 11 is 3.15. The number of hydrogen-bond acceptors (Lipinski definition) is 5. The molecule has 152 valence electrons. The summed E-state index contributed by atoms with van der Waals surface area (Å²) in [5, 5.41) is 0. The minimum Gasteiger partial charge on any atom is -0.313 e. The lowest BCUT2D eigenvalue weighted by molar-refractivity contribution is -0.117. The number of hydrogen-bond donors (Lipinski definition) is 0. The molecule has 0 saturated heterocycles. The summed E-state index contributed by atoms with van der Waals surface area (Å²) in [5.74, 6) is -0.223. The molecule has 29 heavy (non-hydrogen) atoms. The van der Waals surface area contributed by atoms with Crippen molar-refractivity contribution in [3.8, 4) is 0 Å². The van der Waals surface area contributed by atoms with E-state index in [1.165, 1.54) is 11.3 Å². The van der Waals surface area contributed by atoms with Crippen LogP contribution in [0.25, 0.3) is 10.2 Å². The highest BCUT2D eigenvalue weighted by atomic mass is 32.2. The van der Waals surface area contributed by atoms with Gasteiger partial charge in [-0.05, 0) is 42.2 Å². The Morgan fingerprint density at radius 2 is 1.97 bits per heavy atom. The lowest BCUT2D eigenvalue weighted by Crippen LogP contribution is -2.17. The molecule has 0 N–H and O–H groups in total. The van der Waals surface area contributed by atoms with Crippen LogP contribution in [0.2, 0.25) is 0 Å². The average molecular weight is 447 g/mol. The lowest BCUT2D eigenvalue weighted by Gasteiger charge is -2.03. The predicted octanol–water partition coefficient (Wildman–Crippen LogP) is 4.07. The topological polar surface area (TPSA) is 68.5 Å². The second kappa shape index (κ2) is 9.11. The van der Waals surface area contributed by atoms with Gasteiger partial charge >= 0.3 is 0 Å². The zero-order valence-electron chi connectivity index (χ0n) is 16.3. The number of nitrogens with zero attached hydrogens (tertiary/aromatic N) is 2. The van der Waals surface area contributed by atoms with Gasteiger partial charge in [-0.2, -0.15) is 4.99 Å². The molecule has 1 heterocycles. The summed E-state index contributed by atoms with van der Waals surface area (Å²) < 4.78 is 26.9. The zero-order chi connectivity index (χ0) is 21.0. The van der Waals surface area contributed by atoms with Crippen molar-refractivity contribution in [2.45, 2.75) is 29.7 Å². The van der Waals surface area contributed by atoms with Crippen LogP contribution in [-0.2, 0) is 27.6 Å². The van der Waals surface area contributed by atoms with Crippen molar-refractivity contribution in [3.63, 3.8) is 0 Å². The monoisotopic (exact) mass is 446 g/mol. The molecule has 0 spiro atoms. The molecule has 1 aromatic heterocycles. The van der Waals surface area contributed by atoms with Crippen LogP contribution in [-0.4, -0.2) is 30.9 Å². The first-order chi connectivity index (χ1) is 13.9. The first-order valence-electron chi connectivity index (χ1n) is 9.05. The highest BCUT2D eigenvalue weighted by Gasteiger charge is 2.12. The molecule has 0 radical (unpaired) electrons. The molecular weight excluding hydrogens is 424 g/mol. The van der Waals surface area contributed by atoms with Crippen LogP contribution in [0.4, 0.5) is 0 Å². The SMILES string of the molecule is C=CCn1c(=NC(=O)Cc2ccc(S(=O)(=O)CC)cc2)sc2cc(SC)ccc21. The fourth-order valence-corrected chi connectivity index (χ4v) is 5.37. The summed E-state index contributed by atoms with van der Waals surface area (Å²) in [4.78, 5) is 18.9. The molecule has 0 atom stereocenters. The number of thioether (sulfide) groups is 1. The largest absolute Gasteiger partial charge is 0.313 e. The predicted molar refractivity (Wildman–Crippen MR) is 120 cm³/mol. The van der Waals surface area contributed by atoms with Gasteiger partial charge in [0.25, 0.3) is 5.91 Å². The third-order valence-corrected chi connectivity index (χ3v) is 7.96. The number of amides is 1. The number of sulfone groups is 1. The number of fused-ring (bicyclic) bond motifs is 1. The van der Waals surface area contributed by atoms with Crippen LogP contribution in [0.1, 0.15) is 12.5 Å². The van der Waals surface area contributed by atoms with Crippen LogP contribution in [0.5, 0.6) is 0 Å². The molecule has 8 heteroatoms. The van der Waals surface area contributed by atoms with Crippen LogP contribution >= 0.6 is 23.1 Å². The van der Waals surface area contributed by atoms with E-state index in [1.807, 2.05) is 16.9 Å². The summed E-state index contributed by atoms with van der Waals surface area (Å²) in [6.07, 6.45) is 3.92. The molecule has 2 aromatic carbocycles. The van der Waals surface area contributed by atoms with Crippen LogP contribution < -0.4 is 4.80 Å². The van der Waals surface area contributed by atoms with Crippen molar-refractivity contribution in [1.29, 1.82) is 0 Å². The minimum absolute atomic E-state index is 0.0497. The van der Waals surface area contributed by atoms with Crippen LogP contribution in [0.15, 0.2) is 69.9 Å². The van der Waals surface area contributed by atoms with E-state index < -0.39 is 9.84 Å². The van der Waals surface area contributed by atoms with Crippen molar-refractivity contribution in [1.82, 2.24) is 4.57 Å². The number of carbonyl (C=O) groups excluding carboxylic acids is 1. The van der Waals surface area contributed by atoms with E-state index in [0.29, 0.717) is 11.3 Å². The maximum atomic E-state index is 12.6. The number of carbonyl (C=O) groups is 1. The Hall–Kier alpha value is -2.16. The zero-order valence-corrected chi connectivity index (χ0v) is 18.7. The Bertz CT molecular complexity index is 1220. The number of thiazole rings is 1. The van der Waals surface area contributed by atoms with Gasteiger partial charge in [0.05, 0.1) is 27.3 Å². The fourth-order valence-electron chi connectivity index (χ4n) is 2.87. The van der Waals surface area contributed by atoms with Gasteiger partial charge in [-0.15, -0.1) is 18.3 Å². The van der Waals surface area contributed by atoms with Gasteiger partial charge in [0.15, 0.2) is 14.6 Å². The quantitative estimate of drug-likeness (QED) is 0.405.